The standard InChI is InChI=1S/C20H33N/c1-3-4-5-6-7-14-19(21-2)16-18-13-10-12-17-11-8-9-15-20(17)18/h8-9,11,15,18-19,21H,3-7,10,12-14,16H2,1-2H3. The number of fused-ring (bicyclic) bond motifs is 1. The minimum Gasteiger partial charge on any atom is -0.317 e. The van der Waals surface area contributed by atoms with Crippen molar-refractivity contribution in [3.05, 3.63) is 35.4 Å². The van der Waals surface area contributed by atoms with Crippen LogP contribution >= 0.6 is 0 Å². The van der Waals surface area contributed by atoms with Crippen LogP contribution in [0.15, 0.2) is 24.3 Å². The second-order valence-electron chi connectivity index (χ2n) is 6.71. The Morgan fingerprint density at radius 3 is 2.76 bits per heavy atom. The Morgan fingerprint density at radius 2 is 1.95 bits per heavy atom. The molecule has 0 saturated carbocycles. The lowest BCUT2D eigenvalue weighted by Crippen LogP contribution is -2.28. The second kappa shape index (κ2) is 9.25. The molecule has 0 aliphatic heterocycles. The van der Waals surface area contributed by atoms with Gasteiger partial charge in [-0.25, -0.2) is 0 Å². The molecular weight excluding hydrogens is 254 g/mol. The summed E-state index contributed by atoms with van der Waals surface area (Å²) in [6.07, 6.45) is 13.7. The Morgan fingerprint density at radius 1 is 1.14 bits per heavy atom. The third-order valence-electron chi connectivity index (χ3n) is 5.13. The molecule has 0 amide bonds. The first-order valence-electron chi connectivity index (χ1n) is 9.10. The minimum atomic E-state index is 0.697. The number of hydrogen-bond acceptors (Lipinski definition) is 1. The monoisotopic (exact) mass is 287 g/mol. The van der Waals surface area contributed by atoms with E-state index in [1.165, 1.54) is 64.2 Å². The average Bonchev–Trinajstić information content (AvgIpc) is 2.53. The first-order valence-corrected chi connectivity index (χ1v) is 9.10. The van der Waals surface area contributed by atoms with Gasteiger partial charge in [0.05, 0.1) is 0 Å². The summed E-state index contributed by atoms with van der Waals surface area (Å²) in [6.45, 7) is 2.29. The van der Waals surface area contributed by atoms with Crippen molar-refractivity contribution in [2.24, 2.45) is 0 Å². The van der Waals surface area contributed by atoms with Gasteiger partial charge in [0.1, 0.15) is 0 Å². The predicted octanol–water partition coefficient (Wildman–Crippen LogP) is 5.45. The fraction of sp³-hybridized carbons (Fsp3) is 0.700. The lowest BCUT2D eigenvalue weighted by atomic mass is 9.79. The van der Waals surface area contributed by atoms with E-state index in [2.05, 4.69) is 43.6 Å². The van der Waals surface area contributed by atoms with Gasteiger partial charge in [-0.15, -0.1) is 0 Å². The van der Waals surface area contributed by atoms with Crippen LogP contribution in [0.25, 0.3) is 0 Å². The molecule has 0 spiro atoms. The first kappa shape index (κ1) is 16.5. The smallest absolute Gasteiger partial charge is 0.00698 e. The maximum atomic E-state index is 3.57. The number of hydrogen-bond donors (Lipinski definition) is 1. The lowest BCUT2D eigenvalue weighted by molar-refractivity contribution is 0.399. The molecule has 21 heavy (non-hydrogen) atoms. The van der Waals surface area contributed by atoms with Gasteiger partial charge < -0.3 is 5.32 Å². The molecule has 0 fully saturated rings. The highest BCUT2D eigenvalue weighted by molar-refractivity contribution is 5.32. The Hall–Kier alpha value is -0.820. The van der Waals surface area contributed by atoms with Crippen molar-refractivity contribution in [1.82, 2.24) is 5.32 Å². The van der Waals surface area contributed by atoms with Crippen LogP contribution in [0.5, 0.6) is 0 Å². The number of rotatable bonds is 9. The lowest BCUT2D eigenvalue weighted by Gasteiger charge is -2.29. The Kier molecular flexibility index (Phi) is 7.29. The summed E-state index contributed by atoms with van der Waals surface area (Å²) < 4.78 is 0. The molecule has 2 unspecified atom stereocenters. The van der Waals surface area contributed by atoms with E-state index in [1.807, 2.05) is 0 Å². The molecule has 2 rings (SSSR count). The number of unbranched alkanes of at least 4 members (excludes halogenated alkanes) is 4. The van der Waals surface area contributed by atoms with E-state index in [1.54, 1.807) is 11.1 Å². The largest absolute Gasteiger partial charge is 0.317 e. The molecule has 0 bridgehead atoms. The van der Waals surface area contributed by atoms with Crippen molar-refractivity contribution in [1.29, 1.82) is 0 Å². The van der Waals surface area contributed by atoms with Crippen LogP contribution in [0.4, 0.5) is 0 Å². The Bertz CT molecular complexity index is 399. The molecule has 1 nitrogen and oxygen atoms in total. The molecule has 0 saturated heterocycles. The molecule has 1 aromatic rings. The van der Waals surface area contributed by atoms with Gasteiger partial charge >= 0.3 is 0 Å². The van der Waals surface area contributed by atoms with E-state index in [9.17, 15) is 0 Å². The van der Waals surface area contributed by atoms with E-state index in [4.69, 9.17) is 0 Å². The van der Waals surface area contributed by atoms with Gasteiger partial charge in [-0.3, -0.25) is 0 Å². The van der Waals surface area contributed by atoms with Crippen molar-refractivity contribution < 1.29 is 0 Å². The van der Waals surface area contributed by atoms with Gasteiger partial charge in [0.15, 0.2) is 0 Å². The van der Waals surface area contributed by atoms with E-state index in [0.717, 1.165) is 5.92 Å². The van der Waals surface area contributed by atoms with E-state index in [0.29, 0.717) is 6.04 Å². The highest BCUT2D eigenvalue weighted by Gasteiger charge is 2.22. The maximum Gasteiger partial charge on any atom is 0.00698 e. The van der Waals surface area contributed by atoms with E-state index in [-0.39, 0.29) is 0 Å². The molecule has 1 heteroatoms. The highest BCUT2D eigenvalue weighted by atomic mass is 14.9. The molecule has 118 valence electrons. The average molecular weight is 287 g/mol. The summed E-state index contributed by atoms with van der Waals surface area (Å²) in [6, 6.07) is 9.82. The topological polar surface area (TPSA) is 12.0 Å². The van der Waals surface area contributed by atoms with Gasteiger partial charge in [0.2, 0.25) is 0 Å². The zero-order valence-electron chi connectivity index (χ0n) is 14.0. The van der Waals surface area contributed by atoms with E-state index >= 15 is 0 Å². The predicted molar refractivity (Wildman–Crippen MR) is 93.0 cm³/mol. The maximum absolute atomic E-state index is 3.57. The van der Waals surface area contributed by atoms with Gasteiger partial charge in [-0.05, 0) is 56.2 Å². The highest BCUT2D eigenvalue weighted by Crippen LogP contribution is 2.35. The molecule has 1 N–H and O–H groups in total. The quantitative estimate of drug-likeness (QED) is 0.596. The minimum absolute atomic E-state index is 0.697. The molecule has 1 aliphatic rings. The van der Waals surface area contributed by atoms with Crippen molar-refractivity contribution in [2.75, 3.05) is 7.05 Å². The van der Waals surface area contributed by atoms with Crippen LogP contribution in [0, 0.1) is 0 Å². The molecule has 0 heterocycles. The number of aryl methyl sites for hydroxylation is 1. The third-order valence-corrected chi connectivity index (χ3v) is 5.13. The summed E-state index contributed by atoms with van der Waals surface area (Å²) >= 11 is 0. The van der Waals surface area contributed by atoms with Gasteiger partial charge in [-0.2, -0.15) is 0 Å². The van der Waals surface area contributed by atoms with Crippen LogP contribution in [0.1, 0.15) is 81.8 Å². The fourth-order valence-electron chi connectivity index (χ4n) is 3.82. The number of benzene rings is 1. The van der Waals surface area contributed by atoms with Crippen LogP contribution in [0.3, 0.4) is 0 Å². The van der Waals surface area contributed by atoms with Gasteiger partial charge in [0, 0.05) is 6.04 Å². The molecule has 1 aromatic carbocycles. The summed E-state index contributed by atoms with van der Waals surface area (Å²) in [4.78, 5) is 0. The summed E-state index contributed by atoms with van der Waals surface area (Å²) in [7, 11) is 2.14. The molecule has 0 radical (unpaired) electrons. The summed E-state index contributed by atoms with van der Waals surface area (Å²) in [5.41, 5.74) is 3.24. The van der Waals surface area contributed by atoms with Crippen LogP contribution < -0.4 is 5.32 Å². The fourth-order valence-corrected chi connectivity index (χ4v) is 3.82. The number of nitrogens with one attached hydrogen (secondary N) is 1. The van der Waals surface area contributed by atoms with Crippen LogP contribution in [-0.4, -0.2) is 13.1 Å². The second-order valence-corrected chi connectivity index (χ2v) is 6.71. The van der Waals surface area contributed by atoms with Crippen LogP contribution in [-0.2, 0) is 6.42 Å². The van der Waals surface area contributed by atoms with Crippen molar-refractivity contribution in [2.45, 2.75) is 83.1 Å². The zero-order chi connectivity index (χ0) is 14.9. The molecule has 0 aromatic heterocycles. The molecule has 1 aliphatic carbocycles. The van der Waals surface area contributed by atoms with Crippen molar-refractivity contribution in [3.63, 3.8) is 0 Å². The summed E-state index contributed by atoms with van der Waals surface area (Å²) in [5.74, 6) is 0.781. The Labute approximate surface area is 131 Å². The van der Waals surface area contributed by atoms with Gasteiger partial charge in [-0.1, -0.05) is 63.3 Å². The SMILES string of the molecule is CCCCCCCC(CC1CCCc2ccccc21)NC. The molecular formula is C20H33N. The first-order chi connectivity index (χ1) is 10.3. The van der Waals surface area contributed by atoms with Crippen LogP contribution in [0.2, 0.25) is 0 Å². The van der Waals surface area contributed by atoms with E-state index < -0.39 is 0 Å². The van der Waals surface area contributed by atoms with Crippen molar-refractivity contribution >= 4 is 0 Å². The van der Waals surface area contributed by atoms with Gasteiger partial charge in [0.25, 0.3) is 0 Å². The summed E-state index contributed by atoms with van der Waals surface area (Å²) in [5, 5.41) is 3.57. The van der Waals surface area contributed by atoms with Crippen molar-refractivity contribution in [3.8, 4) is 0 Å². The third kappa shape index (κ3) is 5.14. The zero-order valence-corrected chi connectivity index (χ0v) is 14.0. The Balaban J connectivity index is 1.82. The normalized spacial score (nSPS) is 19.2. The molecule has 2 atom stereocenters.